The van der Waals surface area contributed by atoms with Crippen molar-refractivity contribution >= 4 is 22.6 Å². The molecule has 1 aromatic heterocycles. The Morgan fingerprint density at radius 1 is 1.18 bits per heavy atom. The lowest BCUT2D eigenvalue weighted by Gasteiger charge is -2.39. The van der Waals surface area contributed by atoms with Crippen molar-refractivity contribution in [3.05, 3.63) is 59.5 Å². The van der Waals surface area contributed by atoms with Crippen molar-refractivity contribution in [2.75, 3.05) is 52.3 Å². The van der Waals surface area contributed by atoms with Gasteiger partial charge in [0.1, 0.15) is 18.2 Å². The number of aliphatic carboxylic acids is 1. The van der Waals surface area contributed by atoms with Crippen molar-refractivity contribution in [1.82, 2.24) is 9.88 Å². The molecule has 1 saturated heterocycles. The third-order valence-electron chi connectivity index (χ3n) is 7.70. The first-order valence-electron chi connectivity index (χ1n) is 13.1. The number of piperidine rings is 1. The van der Waals surface area contributed by atoms with Crippen LogP contribution in [0.1, 0.15) is 37.4 Å². The summed E-state index contributed by atoms with van der Waals surface area (Å²) in [4.78, 5) is 20.8. The zero-order chi connectivity index (χ0) is 29.0. The van der Waals surface area contributed by atoms with Gasteiger partial charge >= 0.3 is 5.97 Å². The summed E-state index contributed by atoms with van der Waals surface area (Å²) in [7, 11) is 5.28. The Balaban J connectivity index is 1.41. The fourth-order valence-corrected chi connectivity index (χ4v) is 5.27. The number of halogens is 3. The Hall–Kier alpha value is -3.57. The van der Waals surface area contributed by atoms with Crippen LogP contribution in [0.2, 0.25) is 0 Å². The molecule has 216 valence electrons. The largest absolute Gasteiger partial charge is 0.497 e. The third-order valence-corrected chi connectivity index (χ3v) is 7.70. The number of likely N-dealkylation sites (tertiary alicyclic amines) is 1. The number of carbonyl (C=O) groups is 1. The second-order valence-electron chi connectivity index (χ2n) is 10.4. The van der Waals surface area contributed by atoms with E-state index >= 15 is 0 Å². The van der Waals surface area contributed by atoms with E-state index < -0.39 is 40.7 Å². The number of hydrogen-bond acceptors (Lipinski definition) is 7. The molecule has 1 atom stereocenters. The van der Waals surface area contributed by atoms with Gasteiger partial charge < -0.3 is 24.6 Å². The van der Waals surface area contributed by atoms with Crippen LogP contribution in [0.5, 0.6) is 11.5 Å². The maximum Gasteiger partial charge on any atom is 0.309 e. The van der Waals surface area contributed by atoms with Crippen molar-refractivity contribution in [2.45, 2.75) is 31.8 Å². The molecule has 40 heavy (non-hydrogen) atoms. The lowest BCUT2D eigenvalue weighted by atomic mass is 9.74. The minimum absolute atomic E-state index is 0.00943. The van der Waals surface area contributed by atoms with Gasteiger partial charge in [0, 0.05) is 43.7 Å². The number of aliphatic hydroxyl groups excluding tert-OH is 1. The van der Waals surface area contributed by atoms with Gasteiger partial charge in [-0.05, 0) is 57.0 Å². The van der Waals surface area contributed by atoms with Crippen LogP contribution in [0.4, 0.5) is 18.9 Å². The summed E-state index contributed by atoms with van der Waals surface area (Å²) in [6, 6.07) is 6.68. The number of carboxylic acid groups (broad SMARTS) is 1. The van der Waals surface area contributed by atoms with Crippen LogP contribution in [-0.4, -0.2) is 73.5 Å². The minimum atomic E-state index is -1.32. The van der Waals surface area contributed by atoms with E-state index in [9.17, 15) is 28.2 Å². The Morgan fingerprint density at radius 2 is 1.90 bits per heavy atom. The van der Waals surface area contributed by atoms with E-state index in [0.717, 1.165) is 17.1 Å². The van der Waals surface area contributed by atoms with Gasteiger partial charge in [0.25, 0.3) is 0 Å². The number of fused-ring (bicyclic) bond motifs is 1. The van der Waals surface area contributed by atoms with Crippen LogP contribution in [0.15, 0.2) is 36.5 Å². The maximum atomic E-state index is 13.8. The molecule has 2 heterocycles. The van der Waals surface area contributed by atoms with Gasteiger partial charge in [0.15, 0.2) is 11.6 Å². The Labute approximate surface area is 230 Å². The highest BCUT2D eigenvalue weighted by atomic mass is 19.2. The highest BCUT2D eigenvalue weighted by Gasteiger charge is 2.41. The maximum absolute atomic E-state index is 13.8. The third kappa shape index (κ3) is 6.26. The zero-order valence-electron chi connectivity index (χ0n) is 22.8. The predicted molar refractivity (Wildman–Crippen MR) is 144 cm³/mol. The van der Waals surface area contributed by atoms with E-state index in [1.165, 1.54) is 0 Å². The molecule has 0 amide bonds. The number of rotatable bonds is 11. The van der Waals surface area contributed by atoms with Crippen molar-refractivity contribution in [3.8, 4) is 11.5 Å². The van der Waals surface area contributed by atoms with E-state index in [1.807, 2.05) is 36.0 Å². The standard InChI is InChI=1S/C29H34F3N3O5/c1-34(2)23-17-33-22-5-4-19(39-3)16-20(22)26(23)24(36)6-7-29(28(37)38)8-10-35(11-9-29)12-13-40-25-15-18(30)14-21(31)27(25)32/h4-5,14-17,24,36H,6-13H2,1-3H3,(H,37,38)/t24-/m1/s1. The molecule has 1 aliphatic heterocycles. The molecule has 2 aromatic carbocycles. The zero-order valence-corrected chi connectivity index (χ0v) is 22.8. The molecule has 0 aliphatic carbocycles. The number of pyridine rings is 1. The van der Waals surface area contributed by atoms with Crippen LogP contribution in [0, 0.1) is 22.9 Å². The first-order chi connectivity index (χ1) is 19.0. The number of carboxylic acids is 1. The quantitative estimate of drug-likeness (QED) is 0.323. The molecule has 0 saturated carbocycles. The molecular formula is C29H34F3N3O5. The van der Waals surface area contributed by atoms with Gasteiger partial charge in [0.2, 0.25) is 5.82 Å². The first kappa shape index (κ1) is 29.4. The predicted octanol–water partition coefficient (Wildman–Crippen LogP) is 4.79. The molecule has 1 aliphatic rings. The lowest BCUT2D eigenvalue weighted by molar-refractivity contribution is -0.153. The van der Waals surface area contributed by atoms with Crippen molar-refractivity contribution in [1.29, 1.82) is 0 Å². The van der Waals surface area contributed by atoms with E-state index in [1.54, 1.807) is 19.4 Å². The Morgan fingerprint density at radius 3 is 2.55 bits per heavy atom. The summed E-state index contributed by atoms with van der Waals surface area (Å²) < 4.78 is 51.2. The van der Waals surface area contributed by atoms with Crippen LogP contribution in [-0.2, 0) is 4.79 Å². The molecular weight excluding hydrogens is 527 g/mol. The number of hydrogen-bond donors (Lipinski definition) is 2. The normalized spacial score (nSPS) is 16.1. The minimum Gasteiger partial charge on any atom is -0.497 e. The number of methoxy groups -OCH3 is 1. The number of nitrogens with zero attached hydrogens (tertiary/aromatic N) is 3. The van der Waals surface area contributed by atoms with E-state index in [4.69, 9.17) is 9.47 Å². The van der Waals surface area contributed by atoms with E-state index in [-0.39, 0.29) is 19.4 Å². The topological polar surface area (TPSA) is 95.4 Å². The second-order valence-corrected chi connectivity index (χ2v) is 10.4. The highest BCUT2D eigenvalue weighted by Crippen LogP contribution is 2.41. The molecule has 1 fully saturated rings. The molecule has 0 radical (unpaired) electrons. The molecule has 8 nitrogen and oxygen atoms in total. The average molecular weight is 562 g/mol. The van der Waals surface area contributed by atoms with Crippen LogP contribution in [0.3, 0.4) is 0 Å². The molecule has 3 aromatic rings. The number of anilines is 1. The SMILES string of the molecule is COc1ccc2ncc(N(C)C)c([C@H](O)CCC3(C(=O)O)CCN(CCOc4cc(F)cc(F)c4F)CC3)c2c1. The summed E-state index contributed by atoms with van der Waals surface area (Å²) in [5.74, 6) is -4.29. The van der Waals surface area contributed by atoms with Gasteiger partial charge in [-0.15, -0.1) is 0 Å². The molecule has 0 unspecified atom stereocenters. The summed E-state index contributed by atoms with van der Waals surface area (Å²) in [5, 5.41) is 22.3. The number of aromatic nitrogens is 1. The average Bonchev–Trinajstić information content (AvgIpc) is 2.93. The summed E-state index contributed by atoms with van der Waals surface area (Å²) >= 11 is 0. The van der Waals surface area contributed by atoms with E-state index in [0.29, 0.717) is 55.4 Å². The number of aliphatic hydroxyl groups is 1. The summed E-state index contributed by atoms with van der Waals surface area (Å²) in [5.41, 5.74) is 1.09. The van der Waals surface area contributed by atoms with Crippen LogP contribution < -0.4 is 14.4 Å². The van der Waals surface area contributed by atoms with Gasteiger partial charge in [-0.25, -0.2) is 8.78 Å². The lowest BCUT2D eigenvalue weighted by Crippen LogP contribution is -2.45. The fourth-order valence-electron chi connectivity index (χ4n) is 5.27. The van der Waals surface area contributed by atoms with Gasteiger partial charge in [-0.1, -0.05) is 0 Å². The summed E-state index contributed by atoms with van der Waals surface area (Å²) in [6.45, 7) is 1.23. The van der Waals surface area contributed by atoms with E-state index in [2.05, 4.69) is 4.98 Å². The second kappa shape index (κ2) is 12.3. The Kier molecular flexibility index (Phi) is 9.05. The smallest absolute Gasteiger partial charge is 0.309 e. The van der Waals surface area contributed by atoms with Crippen molar-refractivity contribution < 1.29 is 37.7 Å². The molecule has 11 heteroatoms. The van der Waals surface area contributed by atoms with Crippen molar-refractivity contribution in [3.63, 3.8) is 0 Å². The molecule has 0 bridgehead atoms. The number of benzene rings is 2. The van der Waals surface area contributed by atoms with Gasteiger partial charge in [-0.3, -0.25) is 14.7 Å². The van der Waals surface area contributed by atoms with Crippen LogP contribution >= 0.6 is 0 Å². The highest BCUT2D eigenvalue weighted by molar-refractivity contribution is 5.88. The summed E-state index contributed by atoms with van der Waals surface area (Å²) in [6.07, 6.45) is 1.97. The van der Waals surface area contributed by atoms with Crippen LogP contribution in [0.25, 0.3) is 10.9 Å². The molecule has 4 rings (SSSR count). The molecule has 2 N–H and O–H groups in total. The Bertz CT molecular complexity index is 1360. The molecule has 0 spiro atoms. The monoisotopic (exact) mass is 561 g/mol. The van der Waals surface area contributed by atoms with Gasteiger partial charge in [0.05, 0.1) is 36.0 Å². The first-order valence-corrected chi connectivity index (χ1v) is 13.1. The van der Waals surface area contributed by atoms with Crippen molar-refractivity contribution in [2.24, 2.45) is 5.41 Å². The van der Waals surface area contributed by atoms with Gasteiger partial charge in [-0.2, -0.15) is 4.39 Å². The fraction of sp³-hybridized carbons (Fsp3) is 0.448. The number of ether oxygens (including phenoxy) is 2.